The lowest BCUT2D eigenvalue weighted by atomic mass is 9.90. The number of hydrogen-bond acceptors (Lipinski definition) is 5. The lowest BCUT2D eigenvalue weighted by molar-refractivity contribution is -0.269. The van der Waals surface area contributed by atoms with E-state index in [0.29, 0.717) is 21.9 Å². The van der Waals surface area contributed by atoms with E-state index in [1.165, 1.54) is 31.6 Å². The first-order valence-corrected chi connectivity index (χ1v) is 10.5. The van der Waals surface area contributed by atoms with Crippen LogP contribution in [0.3, 0.4) is 0 Å². The summed E-state index contributed by atoms with van der Waals surface area (Å²) in [7, 11) is 1.41. The highest BCUT2D eigenvalue weighted by atomic mass is 35.5. The molecular weight excluding hydrogens is 490 g/mol. The lowest BCUT2D eigenvalue weighted by Crippen LogP contribution is -2.42. The molecule has 0 fully saturated rings. The zero-order chi connectivity index (χ0) is 25.2. The molecule has 0 aromatic heterocycles. The Kier molecular flexibility index (Phi) is 6.70. The molecule has 4 rings (SSSR count). The van der Waals surface area contributed by atoms with Gasteiger partial charge in [0.05, 0.1) is 12.8 Å². The van der Waals surface area contributed by atoms with E-state index in [2.05, 4.69) is 21.1 Å². The van der Waals surface area contributed by atoms with Crippen LogP contribution in [0, 0.1) is 5.82 Å². The number of hydrogen-bond donors (Lipinski definition) is 3. The highest BCUT2D eigenvalue weighted by Gasteiger charge is 2.59. The van der Waals surface area contributed by atoms with Crippen LogP contribution in [0.2, 0.25) is 5.02 Å². The Morgan fingerprint density at radius 1 is 1.11 bits per heavy atom. The van der Waals surface area contributed by atoms with Crippen LogP contribution >= 0.6 is 11.6 Å². The Morgan fingerprint density at radius 3 is 2.54 bits per heavy atom. The normalized spacial score (nSPS) is 17.9. The summed E-state index contributed by atoms with van der Waals surface area (Å²) in [5, 5.41) is 3.36. The average Bonchev–Trinajstić information content (AvgIpc) is 3.27. The number of amides is 1. The molecule has 35 heavy (non-hydrogen) atoms. The minimum atomic E-state index is -4.95. The Labute approximate surface area is 202 Å². The Balaban J connectivity index is 1.80. The second kappa shape index (κ2) is 9.57. The van der Waals surface area contributed by atoms with Crippen molar-refractivity contribution in [2.75, 3.05) is 7.11 Å². The summed E-state index contributed by atoms with van der Waals surface area (Å²) in [5.41, 5.74) is 1.91. The molecule has 0 saturated carbocycles. The number of carbonyl (C=O) groups is 1. The molecule has 3 aromatic carbocycles. The Morgan fingerprint density at radius 2 is 1.86 bits per heavy atom. The molecule has 1 amide bonds. The van der Waals surface area contributed by atoms with Gasteiger partial charge in [0, 0.05) is 34.1 Å². The van der Waals surface area contributed by atoms with Gasteiger partial charge in [-0.05, 0) is 41.1 Å². The van der Waals surface area contributed by atoms with Gasteiger partial charge in [-0.3, -0.25) is 25.4 Å². The molecule has 1 aliphatic heterocycles. The van der Waals surface area contributed by atoms with Gasteiger partial charge >= 0.3 is 6.18 Å². The van der Waals surface area contributed by atoms with Gasteiger partial charge in [0.1, 0.15) is 5.82 Å². The molecule has 3 N–H and O–H groups in total. The fourth-order valence-corrected chi connectivity index (χ4v) is 4.00. The van der Waals surface area contributed by atoms with Crippen molar-refractivity contribution in [2.45, 2.75) is 11.8 Å². The van der Waals surface area contributed by atoms with Gasteiger partial charge in [-0.2, -0.15) is 13.2 Å². The van der Waals surface area contributed by atoms with Crippen molar-refractivity contribution < 1.29 is 32.0 Å². The summed E-state index contributed by atoms with van der Waals surface area (Å²) in [5.74, 6) is -1.37. The molecular formula is C24H18ClF4N3O3. The van der Waals surface area contributed by atoms with Crippen LogP contribution in [-0.4, -0.2) is 19.2 Å². The third-order valence-electron chi connectivity index (χ3n) is 5.32. The van der Waals surface area contributed by atoms with Crippen LogP contribution in [-0.2, 0) is 15.3 Å². The molecule has 182 valence electrons. The number of rotatable bonds is 6. The highest BCUT2D eigenvalue weighted by molar-refractivity contribution is 6.30. The van der Waals surface area contributed by atoms with Crippen molar-refractivity contribution in [3.05, 3.63) is 101 Å². The molecule has 0 saturated heterocycles. The van der Waals surface area contributed by atoms with Crippen LogP contribution in [0.5, 0.6) is 0 Å². The molecule has 0 aliphatic carbocycles. The molecule has 1 heterocycles. The van der Waals surface area contributed by atoms with E-state index < -0.39 is 29.1 Å². The van der Waals surface area contributed by atoms with Crippen molar-refractivity contribution >= 4 is 34.0 Å². The quantitative estimate of drug-likeness (QED) is 0.311. The molecule has 0 spiro atoms. The van der Waals surface area contributed by atoms with Gasteiger partial charge in [-0.1, -0.05) is 41.9 Å². The lowest BCUT2D eigenvalue weighted by Gasteiger charge is -2.28. The van der Waals surface area contributed by atoms with E-state index in [4.69, 9.17) is 16.4 Å². The van der Waals surface area contributed by atoms with Crippen molar-refractivity contribution in [3.63, 3.8) is 0 Å². The van der Waals surface area contributed by atoms with E-state index >= 15 is 0 Å². The van der Waals surface area contributed by atoms with Gasteiger partial charge in [0.2, 0.25) is 5.60 Å². The number of halogens is 5. The van der Waals surface area contributed by atoms with E-state index in [9.17, 15) is 22.4 Å². The summed E-state index contributed by atoms with van der Waals surface area (Å²) in [6.45, 7) is 0. The number of alkyl halides is 3. The fourth-order valence-electron chi connectivity index (χ4n) is 3.77. The monoisotopic (exact) mass is 507 g/mol. The predicted molar refractivity (Wildman–Crippen MR) is 122 cm³/mol. The maximum absolute atomic E-state index is 14.3. The van der Waals surface area contributed by atoms with Crippen LogP contribution in [0.1, 0.15) is 21.5 Å². The van der Waals surface area contributed by atoms with Crippen LogP contribution in [0.15, 0.2) is 73.1 Å². The smallest absolute Gasteiger partial charge is 0.327 e. The maximum atomic E-state index is 14.3. The average molecular weight is 508 g/mol. The summed E-state index contributed by atoms with van der Waals surface area (Å²) in [6.07, 6.45) is -1.41. The molecule has 1 unspecified atom stereocenters. The largest absolute Gasteiger partial charge is 0.428 e. The number of fused-ring (bicyclic) bond motifs is 1. The maximum Gasteiger partial charge on any atom is 0.428 e. The highest BCUT2D eigenvalue weighted by Crippen LogP contribution is 2.48. The Hall–Kier alpha value is -3.60. The summed E-state index contributed by atoms with van der Waals surface area (Å²) in [6, 6.07) is 12.3. The van der Waals surface area contributed by atoms with Crippen LogP contribution < -0.4 is 16.3 Å². The van der Waals surface area contributed by atoms with E-state index in [-0.39, 0.29) is 10.7 Å². The van der Waals surface area contributed by atoms with Gasteiger partial charge in [0.15, 0.2) is 0 Å². The molecule has 0 bridgehead atoms. The zero-order valence-electron chi connectivity index (χ0n) is 18.0. The van der Waals surface area contributed by atoms with Crippen molar-refractivity contribution in [2.24, 2.45) is 0 Å². The van der Waals surface area contributed by atoms with E-state index in [0.717, 1.165) is 24.3 Å². The van der Waals surface area contributed by atoms with Gasteiger partial charge in [-0.15, -0.1) is 0 Å². The van der Waals surface area contributed by atoms with Gasteiger partial charge in [-0.25, -0.2) is 4.39 Å². The van der Waals surface area contributed by atoms with Gasteiger partial charge < -0.3 is 5.32 Å². The molecule has 0 radical (unpaired) electrons. The van der Waals surface area contributed by atoms with Crippen molar-refractivity contribution in [1.29, 1.82) is 0 Å². The van der Waals surface area contributed by atoms with E-state index in [1.807, 2.05) is 0 Å². The van der Waals surface area contributed by atoms with Gasteiger partial charge in [0.25, 0.3) is 5.91 Å². The first kappa shape index (κ1) is 24.5. The second-order valence-corrected chi connectivity index (χ2v) is 7.93. The van der Waals surface area contributed by atoms with E-state index in [1.54, 1.807) is 24.3 Å². The van der Waals surface area contributed by atoms with Crippen molar-refractivity contribution in [1.82, 2.24) is 16.3 Å². The minimum absolute atomic E-state index is 0.00458. The first-order chi connectivity index (χ1) is 16.7. The first-order valence-electron chi connectivity index (χ1n) is 10.1. The standard InChI is InChI=1S/C24H18ClF4N3O3/c1-34-31-9-8-30-22(33)20-7-6-19(17-4-2-3-5-18(17)20)21-13-23(35-32-21,24(27,28)29)14-10-15(25)12-16(26)11-14/h2-13,31-32H,1H3,(H,30,33). The van der Waals surface area contributed by atoms with Crippen LogP contribution in [0.25, 0.3) is 16.5 Å². The zero-order valence-corrected chi connectivity index (χ0v) is 18.8. The molecule has 3 aromatic rings. The molecule has 1 atom stereocenters. The topological polar surface area (TPSA) is 71.6 Å². The third kappa shape index (κ3) is 4.68. The predicted octanol–water partition coefficient (Wildman–Crippen LogP) is 5.32. The second-order valence-electron chi connectivity index (χ2n) is 7.49. The number of nitrogens with one attached hydrogen (secondary N) is 3. The summed E-state index contributed by atoms with van der Waals surface area (Å²) >= 11 is 5.82. The Bertz CT molecular complexity index is 1320. The molecule has 11 heteroatoms. The van der Waals surface area contributed by atoms with Crippen molar-refractivity contribution in [3.8, 4) is 0 Å². The minimum Gasteiger partial charge on any atom is -0.327 e. The van der Waals surface area contributed by atoms with Crippen LogP contribution in [0.4, 0.5) is 17.6 Å². The summed E-state index contributed by atoms with van der Waals surface area (Å²) in [4.78, 5) is 22.4. The number of carbonyl (C=O) groups excluding carboxylic acids is 1. The molecule has 6 nitrogen and oxygen atoms in total. The molecule has 1 aliphatic rings. The fraction of sp³-hybridized carbons (Fsp3) is 0.125. The number of benzene rings is 3. The third-order valence-corrected chi connectivity index (χ3v) is 5.54. The SMILES string of the molecule is CONC=CNC(=O)c1ccc(C2=CC(c3cc(F)cc(Cl)c3)(C(F)(F)F)ON2)c2ccccc12. The number of hydroxylamine groups is 2. The summed E-state index contributed by atoms with van der Waals surface area (Å²) < 4.78 is 56.7.